The SMILES string of the molecule is CC(C)C(=O)Nc1nc2c(ncn2C2OC3CO[P+](S)(OCCC#N)O[C@H]4C[C@H](n5ccc6c(NC(=O)c7ccccc7)ncnc65)O[C@@H]4COP(O)(=S)O[C@@H]2C3)c(=O)[nH]1. The standard InChI is InChI=1S/C35H38N10O11P2S2/c1-19(2)31(46)42-35-41-30-27(33(48)43-35)39-18-45(30)34-24-13-21(53-34)15-52-58(60,50-12-6-10-36)56-23-14-26(54-25(23)16-51-57(49,59)55-24)44-11-9-22-28(37-17-38-29(22)44)40-32(47)20-7-4-3-5-8-20/h3-5,7-9,11,17-19,21,23-26,34,60H,6,12-16H2,1-2H3,(H3-,37,38,40,41,42,43,46,47,48,49,59)/p+1/t21?,23-,24+,25+,26+,34?,57?,58?/m0/s1. The topological polar surface area (TPSA) is 261 Å². The van der Waals surface area contributed by atoms with Crippen LogP contribution in [0.5, 0.6) is 0 Å². The first-order valence-corrected chi connectivity index (χ1v) is 24.0. The van der Waals surface area contributed by atoms with E-state index in [4.69, 9.17) is 56.1 Å². The Morgan fingerprint density at radius 2 is 1.92 bits per heavy atom. The third-order valence-corrected chi connectivity index (χ3v) is 13.8. The molecule has 25 heteroatoms. The second kappa shape index (κ2) is 17.6. The van der Waals surface area contributed by atoms with Gasteiger partial charge in [-0.25, -0.2) is 15.0 Å². The summed E-state index contributed by atoms with van der Waals surface area (Å²) in [6, 6.07) is 12.5. The van der Waals surface area contributed by atoms with Crippen LogP contribution >= 0.6 is 26.1 Å². The summed E-state index contributed by atoms with van der Waals surface area (Å²) >= 11 is 10.3. The van der Waals surface area contributed by atoms with Crippen LogP contribution in [0.4, 0.5) is 11.8 Å². The number of aromatic nitrogens is 7. The number of anilines is 2. The monoisotopic (exact) mass is 901 g/mol. The molecule has 3 aliphatic heterocycles. The molecule has 4 aromatic heterocycles. The lowest BCUT2D eigenvalue weighted by molar-refractivity contribution is -0.118. The molecule has 3 aliphatic rings. The highest BCUT2D eigenvalue weighted by Gasteiger charge is 2.53. The van der Waals surface area contributed by atoms with E-state index in [-0.39, 0.29) is 68.0 Å². The molecule has 2 bridgehead atoms. The molecule has 60 heavy (non-hydrogen) atoms. The number of carbonyl (C=O) groups excluding carboxylic acids is 2. The first-order valence-electron chi connectivity index (χ1n) is 18.7. The molecule has 4 N–H and O–H groups in total. The summed E-state index contributed by atoms with van der Waals surface area (Å²) in [5.74, 6) is -0.909. The number of imidazole rings is 1. The maximum Gasteiger partial charge on any atom is 0.478 e. The van der Waals surface area contributed by atoms with Crippen LogP contribution in [0.2, 0.25) is 0 Å². The van der Waals surface area contributed by atoms with Crippen molar-refractivity contribution < 1.29 is 46.6 Å². The fourth-order valence-corrected chi connectivity index (χ4v) is 10.5. The largest absolute Gasteiger partial charge is 0.478 e. The van der Waals surface area contributed by atoms with Gasteiger partial charge in [-0.1, -0.05) is 32.0 Å². The summed E-state index contributed by atoms with van der Waals surface area (Å²) in [5, 5.41) is 15.3. The number of amides is 2. The van der Waals surface area contributed by atoms with Crippen molar-refractivity contribution in [2.45, 2.75) is 70.0 Å². The summed E-state index contributed by atoms with van der Waals surface area (Å²) in [4.78, 5) is 69.8. The van der Waals surface area contributed by atoms with Gasteiger partial charge in [-0.3, -0.25) is 29.3 Å². The fourth-order valence-electron chi connectivity index (χ4n) is 6.82. The Morgan fingerprint density at radius 3 is 2.70 bits per heavy atom. The number of ether oxygens (including phenoxy) is 2. The summed E-state index contributed by atoms with van der Waals surface area (Å²) in [5.41, 5.74) is 0.324. The highest BCUT2D eigenvalue weighted by Crippen LogP contribution is 2.69. The molecule has 0 radical (unpaired) electrons. The number of aromatic amines is 1. The predicted molar refractivity (Wildman–Crippen MR) is 221 cm³/mol. The molecule has 2 amide bonds. The summed E-state index contributed by atoms with van der Waals surface area (Å²) in [6.45, 7) is -1.19. The van der Waals surface area contributed by atoms with Gasteiger partial charge in [0.05, 0.1) is 49.2 Å². The van der Waals surface area contributed by atoms with Gasteiger partial charge in [-0.2, -0.15) is 23.8 Å². The Labute approximate surface area is 352 Å². The Bertz CT molecular complexity index is 2560. The summed E-state index contributed by atoms with van der Waals surface area (Å²) < 4.78 is 46.9. The third kappa shape index (κ3) is 9.16. The Hall–Kier alpha value is -4.27. The molecular formula is C35H39N10O11P2S2+. The van der Waals surface area contributed by atoms with Gasteiger partial charge >= 0.3 is 13.9 Å². The van der Waals surface area contributed by atoms with Crippen LogP contribution in [0, 0.1) is 17.2 Å². The maximum absolute atomic E-state index is 13.0. The van der Waals surface area contributed by atoms with Gasteiger partial charge in [0.2, 0.25) is 11.9 Å². The van der Waals surface area contributed by atoms with Gasteiger partial charge in [-0.05, 0) is 30.0 Å². The Kier molecular flexibility index (Phi) is 12.4. The van der Waals surface area contributed by atoms with Gasteiger partial charge in [0, 0.05) is 30.5 Å². The van der Waals surface area contributed by atoms with Crippen LogP contribution in [0.15, 0.2) is 60.0 Å². The minimum absolute atomic E-state index is 0.0222. The van der Waals surface area contributed by atoms with Gasteiger partial charge < -0.3 is 33.3 Å². The molecule has 7 heterocycles. The third-order valence-electron chi connectivity index (χ3n) is 9.72. The number of benzene rings is 1. The number of hydrogen-bond donors (Lipinski definition) is 5. The quantitative estimate of drug-likeness (QED) is 0.0771. The van der Waals surface area contributed by atoms with Crippen molar-refractivity contribution in [3.05, 3.63) is 71.2 Å². The van der Waals surface area contributed by atoms with Crippen LogP contribution in [0.25, 0.3) is 22.2 Å². The second-order valence-electron chi connectivity index (χ2n) is 14.2. The molecule has 4 unspecified atom stereocenters. The first-order chi connectivity index (χ1) is 28.8. The highest BCUT2D eigenvalue weighted by atomic mass is 32.7. The van der Waals surface area contributed by atoms with E-state index in [1.807, 2.05) is 12.1 Å². The van der Waals surface area contributed by atoms with E-state index in [1.165, 1.54) is 17.2 Å². The normalized spacial score (nSPS) is 28.4. The predicted octanol–water partition coefficient (Wildman–Crippen LogP) is 4.56. The number of nitriles is 1. The number of hydrogen-bond acceptors (Lipinski definition) is 17. The van der Waals surface area contributed by atoms with Crippen molar-refractivity contribution in [3.63, 3.8) is 0 Å². The zero-order chi connectivity index (χ0) is 42.2. The Balaban J connectivity index is 1.06. The minimum atomic E-state index is -4.06. The van der Waals surface area contributed by atoms with Crippen LogP contribution in [-0.4, -0.2) is 95.0 Å². The van der Waals surface area contributed by atoms with Crippen molar-refractivity contribution in [1.29, 1.82) is 5.26 Å². The molecule has 0 spiro atoms. The smallest absolute Gasteiger partial charge is 0.349 e. The van der Waals surface area contributed by atoms with Crippen LogP contribution in [0.3, 0.4) is 0 Å². The maximum atomic E-state index is 13.0. The molecular weight excluding hydrogens is 863 g/mol. The lowest BCUT2D eigenvalue weighted by Crippen LogP contribution is -2.30. The van der Waals surface area contributed by atoms with Crippen molar-refractivity contribution in [1.82, 2.24) is 34.1 Å². The number of fused-ring (bicyclic) bond motifs is 5. The van der Waals surface area contributed by atoms with Crippen molar-refractivity contribution in [2.75, 3.05) is 30.5 Å². The van der Waals surface area contributed by atoms with Crippen LogP contribution < -0.4 is 16.2 Å². The van der Waals surface area contributed by atoms with Gasteiger partial charge in [0.15, 0.2) is 17.4 Å². The number of H-pyrrole nitrogens is 1. The molecule has 3 fully saturated rings. The molecule has 8 rings (SSSR count). The lowest BCUT2D eigenvalue weighted by atomic mass is 10.2. The molecule has 1 aromatic carbocycles. The molecule has 8 atom stereocenters. The number of carbonyl (C=O) groups is 2. The molecule has 316 valence electrons. The number of nitrogens with one attached hydrogen (secondary N) is 3. The molecule has 3 saturated heterocycles. The second-order valence-corrected chi connectivity index (χ2v) is 20.1. The number of rotatable bonds is 9. The van der Waals surface area contributed by atoms with E-state index < -0.39 is 62.2 Å². The van der Waals surface area contributed by atoms with E-state index in [0.717, 1.165) is 0 Å². The van der Waals surface area contributed by atoms with Gasteiger partial charge in [-0.15, -0.1) is 0 Å². The Morgan fingerprint density at radius 1 is 1.10 bits per heavy atom. The van der Waals surface area contributed by atoms with E-state index >= 15 is 0 Å². The van der Waals surface area contributed by atoms with E-state index in [1.54, 1.807) is 54.9 Å². The average Bonchev–Trinajstić information content (AvgIpc) is 4.02. The van der Waals surface area contributed by atoms with E-state index in [2.05, 4.69) is 35.6 Å². The van der Waals surface area contributed by atoms with Crippen LogP contribution in [-0.2, 0) is 48.7 Å². The minimum Gasteiger partial charge on any atom is -0.349 e. The molecule has 21 nitrogen and oxygen atoms in total. The highest BCUT2D eigenvalue weighted by molar-refractivity contribution is 8.47. The van der Waals surface area contributed by atoms with Crippen molar-refractivity contribution in [2.24, 2.45) is 5.92 Å². The zero-order valence-corrected chi connectivity index (χ0v) is 35.4. The van der Waals surface area contributed by atoms with Gasteiger partial charge in [0.25, 0.3) is 11.5 Å². The van der Waals surface area contributed by atoms with Crippen LogP contribution in [0.1, 0.15) is 55.9 Å². The molecule has 5 aromatic rings. The molecule has 0 aliphatic carbocycles. The summed E-state index contributed by atoms with van der Waals surface area (Å²) in [6.07, 6.45) is -0.483. The zero-order valence-electron chi connectivity index (χ0n) is 31.9. The van der Waals surface area contributed by atoms with E-state index in [0.29, 0.717) is 22.4 Å². The summed E-state index contributed by atoms with van der Waals surface area (Å²) in [7, 11) is -3.54. The first kappa shape index (κ1) is 42.4. The molecule has 0 saturated carbocycles. The van der Waals surface area contributed by atoms with Gasteiger partial charge in [0.1, 0.15) is 55.5 Å². The fraction of sp³-hybridized carbons (Fsp3) is 0.429. The average molecular weight is 902 g/mol. The van der Waals surface area contributed by atoms with Crippen molar-refractivity contribution >= 4 is 83.7 Å². The number of thiol groups is 1. The van der Waals surface area contributed by atoms with E-state index in [9.17, 15) is 24.5 Å². The number of nitrogens with zero attached hydrogens (tertiary/aromatic N) is 7. The van der Waals surface area contributed by atoms with Crippen molar-refractivity contribution in [3.8, 4) is 6.07 Å². The lowest BCUT2D eigenvalue weighted by Gasteiger charge is -2.27.